The van der Waals surface area contributed by atoms with Crippen LogP contribution in [0.2, 0.25) is 0 Å². The molecular formula is C7H12F3N. The van der Waals surface area contributed by atoms with Crippen molar-refractivity contribution in [3.63, 3.8) is 0 Å². The van der Waals surface area contributed by atoms with Gasteiger partial charge in [0.25, 0.3) is 0 Å². The number of nitrogens with one attached hydrogen (secondary N) is 1. The number of hydrogen-bond acceptors (Lipinski definition) is 1. The third kappa shape index (κ3) is 4.03. The summed E-state index contributed by atoms with van der Waals surface area (Å²) in [6.45, 7) is 5.21. The van der Waals surface area contributed by atoms with Crippen molar-refractivity contribution in [3.8, 4) is 0 Å². The molecule has 0 bridgehead atoms. The van der Waals surface area contributed by atoms with Gasteiger partial charge in [0.15, 0.2) is 0 Å². The van der Waals surface area contributed by atoms with Crippen LogP contribution in [0, 0.1) is 0 Å². The molecule has 0 aromatic heterocycles. The summed E-state index contributed by atoms with van der Waals surface area (Å²) >= 11 is 0. The van der Waals surface area contributed by atoms with E-state index in [0.29, 0.717) is 6.54 Å². The minimum atomic E-state index is -4.16. The Morgan fingerprint density at radius 3 is 2.36 bits per heavy atom. The monoisotopic (exact) mass is 167 g/mol. The maximum Gasteiger partial charge on any atom is 0.404 e. The van der Waals surface area contributed by atoms with Gasteiger partial charge in [-0.3, -0.25) is 0 Å². The zero-order chi connectivity index (χ0) is 8.91. The maximum atomic E-state index is 12.0. The van der Waals surface area contributed by atoms with Gasteiger partial charge in [-0.15, -0.1) is 6.58 Å². The fourth-order valence-electron chi connectivity index (χ4n) is 0.746. The molecule has 0 spiro atoms. The fourth-order valence-corrected chi connectivity index (χ4v) is 0.746. The summed E-state index contributed by atoms with van der Waals surface area (Å²) in [5.74, 6) is 0. The van der Waals surface area contributed by atoms with E-state index in [0.717, 1.165) is 0 Å². The summed E-state index contributed by atoms with van der Waals surface area (Å²) in [5.41, 5.74) is 0. The lowest BCUT2D eigenvalue weighted by atomic mass is 10.2. The first-order valence-electron chi connectivity index (χ1n) is 3.43. The molecule has 1 N–H and O–H groups in total. The molecule has 0 saturated heterocycles. The van der Waals surface area contributed by atoms with Crippen LogP contribution in [0.1, 0.15) is 13.3 Å². The number of rotatable bonds is 4. The molecular weight excluding hydrogens is 155 g/mol. The van der Waals surface area contributed by atoms with Crippen molar-refractivity contribution in [2.45, 2.75) is 25.6 Å². The average molecular weight is 167 g/mol. The molecule has 11 heavy (non-hydrogen) atoms. The highest BCUT2D eigenvalue weighted by Gasteiger charge is 2.37. The van der Waals surface area contributed by atoms with Crippen LogP contribution in [-0.4, -0.2) is 18.8 Å². The molecule has 0 heterocycles. The molecule has 0 aliphatic heterocycles. The second-order valence-electron chi connectivity index (χ2n) is 2.18. The molecule has 1 nitrogen and oxygen atoms in total. The van der Waals surface area contributed by atoms with E-state index in [9.17, 15) is 13.2 Å². The van der Waals surface area contributed by atoms with Crippen LogP contribution in [0.5, 0.6) is 0 Å². The van der Waals surface area contributed by atoms with Gasteiger partial charge in [-0.25, -0.2) is 0 Å². The van der Waals surface area contributed by atoms with Crippen molar-refractivity contribution >= 4 is 0 Å². The van der Waals surface area contributed by atoms with Gasteiger partial charge >= 0.3 is 6.18 Å². The second-order valence-corrected chi connectivity index (χ2v) is 2.18. The Balaban J connectivity index is 3.97. The Kier molecular flexibility index (Phi) is 4.18. The van der Waals surface area contributed by atoms with Crippen molar-refractivity contribution in [1.82, 2.24) is 5.32 Å². The van der Waals surface area contributed by atoms with Crippen molar-refractivity contribution in [2.24, 2.45) is 0 Å². The van der Waals surface area contributed by atoms with E-state index in [1.54, 1.807) is 6.92 Å². The quantitative estimate of drug-likeness (QED) is 0.632. The van der Waals surface area contributed by atoms with Crippen LogP contribution >= 0.6 is 0 Å². The number of halogens is 3. The van der Waals surface area contributed by atoms with Crippen molar-refractivity contribution in [2.75, 3.05) is 6.54 Å². The molecule has 0 radical (unpaired) electrons. The maximum absolute atomic E-state index is 12.0. The van der Waals surface area contributed by atoms with E-state index in [1.807, 2.05) is 0 Å². The predicted octanol–water partition coefficient (Wildman–Crippen LogP) is 2.10. The molecule has 0 aliphatic rings. The SMILES string of the molecule is C=CCC(NCC)C(F)(F)F. The third-order valence-electron chi connectivity index (χ3n) is 1.25. The summed E-state index contributed by atoms with van der Waals surface area (Å²) in [4.78, 5) is 0. The van der Waals surface area contributed by atoms with Crippen LogP contribution in [0.25, 0.3) is 0 Å². The van der Waals surface area contributed by atoms with Crippen molar-refractivity contribution in [1.29, 1.82) is 0 Å². The summed E-state index contributed by atoms with van der Waals surface area (Å²) < 4.78 is 36.0. The van der Waals surface area contributed by atoms with Crippen LogP contribution in [0.3, 0.4) is 0 Å². The first-order chi connectivity index (χ1) is 5.02. The molecule has 66 valence electrons. The van der Waals surface area contributed by atoms with Gasteiger partial charge in [-0.05, 0) is 13.0 Å². The van der Waals surface area contributed by atoms with Gasteiger partial charge in [-0.2, -0.15) is 13.2 Å². The van der Waals surface area contributed by atoms with Crippen LogP contribution < -0.4 is 5.32 Å². The van der Waals surface area contributed by atoms with E-state index >= 15 is 0 Å². The van der Waals surface area contributed by atoms with E-state index < -0.39 is 12.2 Å². The minimum absolute atomic E-state index is 0.0721. The Labute approximate surface area is 64.3 Å². The predicted molar refractivity (Wildman–Crippen MR) is 38.3 cm³/mol. The topological polar surface area (TPSA) is 12.0 Å². The lowest BCUT2D eigenvalue weighted by Gasteiger charge is -2.18. The summed E-state index contributed by atoms with van der Waals surface area (Å²) in [6, 6.07) is -1.44. The highest BCUT2D eigenvalue weighted by atomic mass is 19.4. The zero-order valence-corrected chi connectivity index (χ0v) is 6.41. The lowest BCUT2D eigenvalue weighted by molar-refractivity contribution is -0.154. The van der Waals surface area contributed by atoms with Crippen LogP contribution in [0.4, 0.5) is 13.2 Å². The van der Waals surface area contributed by atoms with Crippen LogP contribution in [0.15, 0.2) is 12.7 Å². The molecule has 1 unspecified atom stereocenters. The summed E-state index contributed by atoms with van der Waals surface area (Å²) in [7, 11) is 0. The van der Waals surface area contributed by atoms with E-state index in [1.165, 1.54) is 6.08 Å². The molecule has 0 aromatic rings. The van der Waals surface area contributed by atoms with Crippen molar-refractivity contribution < 1.29 is 13.2 Å². The van der Waals surface area contributed by atoms with E-state index in [2.05, 4.69) is 11.9 Å². The van der Waals surface area contributed by atoms with Crippen molar-refractivity contribution in [3.05, 3.63) is 12.7 Å². The van der Waals surface area contributed by atoms with Gasteiger partial charge in [0.1, 0.15) is 6.04 Å². The second kappa shape index (κ2) is 4.38. The molecule has 0 saturated carbocycles. The van der Waals surface area contributed by atoms with Gasteiger partial charge in [0.05, 0.1) is 0 Å². The summed E-state index contributed by atoms with van der Waals surface area (Å²) in [6.07, 6.45) is -2.97. The number of alkyl halides is 3. The minimum Gasteiger partial charge on any atom is -0.306 e. The molecule has 1 atom stereocenters. The molecule has 0 rings (SSSR count). The van der Waals surface area contributed by atoms with E-state index in [4.69, 9.17) is 0 Å². The molecule has 0 aromatic carbocycles. The zero-order valence-electron chi connectivity index (χ0n) is 6.41. The Morgan fingerprint density at radius 1 is 1.55 bits per heavy atom. The van der Waals surface area contributed by atoms with E-state index in [-0.39, 0.29) is 6.42 Å². The highest BCUT2D eigenvalue weighted by molar-refractivity contribution is 4.82. The van der Waals surface area contributed by atoms with Gasteiger partial charge in [-0.1, -0.05) is 13.0 Å². The Morgan fingerprint density at radius 2 is 2.09 bits per heavy atom. The number of hydrogen-bond donors (Lipinski definition) is 1. The Hall–Kier alpha value is -0.510. The fraction of sp³-hybridized carbons (Fsp3) is 0.714. The van der Waals surface area contributed by atoms with Gasteiger partial charge in [0, 0.05) is 0 Å². The average Bonchev–Trinajstić information content (AvgIpc) is 1.85. The smallest absolute Gasteiger partial charge is 0.306 e. The Bertz CT molecular complexity index is 119. The molecule has 0 aliphatic carbocycles. The lowest BCUT2D eigenvalue weighted by Crippen LogP contribution is -2.41. The van der Waals surface area contributed by atoms with Gasteiger partial charge < -0.3 is 5.32 Å². The summed E-state index contributed by atoms with van der Waals surface area (Å²) in [5, 5.41) is 2.33. The first kappa shape index (κ1) is 10.5. The highest BCUT2D eigenvalue weighted by Crippen LogP contribution is 2.22. The van der Waals surface area contributed by atoms with Gasteiger partial charge in [0.2, 0.25) is 0 Å². The van der Waals surface area contributed by atoms with Crippen LogP contribution in [-0.2, 0) is 0 Å². The molecule has 0 amide bonds. The molecule has 4 heteroatoms. The normalized spacial score (nSPS) is 14.5. The first-order valence-corrected chi connectivity index (χ1v) is 3.43. The standard InChI is InChI=1S/C7H12F3N/c1-3-5-6(11-4-2)7(8,9)10/h3,6,11H,1,4-5H2,2H3. The largest absolute Gasteiger partial charge is 0.404 e. The molecule has 0 fully saturated rings. The third-order valence-corrected chi connectivity index (χ3v) is 1.25.